The summed E-state index contributed by atoms with van der Waals surface area (Å²) in [5, 5.41) is 4.92. The number of amides is 1. The number of hydrogen-bond acceptors (Lipinski definition) is 5. The van der Waals surface area contributed by atoms with Gasteiger partial charge in [0.25, 0.3) is 0 Å². The zero-order valence-electron chi connectivity index (χ0n) is 15.7. The van der Waals surface area contributed by atoms with Gasteiger partial charge in [-0.2, -0.15) is 8.78 Å². The molecule has 8 heteroatoms. The summed E-state index contributed by atoms with van der Waals surface area (Å²) < 4.78 is 34.1. The van der Waals surface area contributed by atoms with Crippen LogP contribution in [0.3, 0.4) is 0 Å². The van der Waals surface area contributed by atoms with Gasteiger partial charge in [0.15, 0.2) is 0 Å². The Bertz CT molecular complexity index is 816. The van der Waals surface area contributed by atoms with E-state index >= 15 is 0 Å². The number of alkyl halides is 2. The SMILES string of the molecule is O=C(CN(Cc1ccco1)Cc1cccs1)NCCc1ccc(OC(F)F)cc1. The molecule has 1 N–H and O–H groups in total. The molecule has 154 valence electrons. The van der Waals surface area contributed by atoms with Gasteiger partial charge < -0.3 is 14.5 Å². The van der Waals surface area contributed by atoms with E-state index in [0.29, 0.717) is 26.1 Å². The Hall–Kier alpha value is -2.71. The number of nitrogens with one attached hydrogen (secondary N) is 1. The second kappa shape index (κ2) is 10.7. The molecule has 1 amide bonds. The monoisotopic (exact) mass is 420 g/mol. The molecule has 29 heavy (non-hydrogen) atoms. The zero-order chi connectivity index (χ0) is 20.5. The maximum absolute atomic E-state index is 12.4. The summed E-state index contributed by atoms with van der Waals surface area (Å²) in [7, 11) is 0. The van der Waals surface area contributed by atoms with Crippen molar-refractivity contribution in [2.24, 2.45) is 0 Å². The largest absolute Gasteiger partial charge is 0.468 e. The van der Waals surface area contributed by atoms with Crippen molar-refractivity contribution in [2.75, 3.05) is 13.1 Å². The van der Waals surface area contributed by atoms with Crippen LogP contribution in [0.15, 0.2) is 64.6 Å². The van der Waals surface area contributed by atoms with Gasteiger partial charge in [0.1, 0.15) is 11.5 Å². The van der Waals surface area contributed by atoms with E-state index in [9.17, 15) is 13.6 Å². The maximum atomic E-state index is 12.4. The lowest BCUT2D eigenvalue weighted by molar-refractivity contribution is -0.122. The van der Waals surface area contributed by atoms with Gasteiger partial charge in [-0.1, -0.05) is 18.2 Å². The number of carbonyl (C=O) groups excluding carboxylic acids is 1. The highest BCUT2D eigenvalue weighted by Crippen LogP contribution is 2.16. The Morgan fingerprint density at radius 1 is 1.14 bits per heavy atom. The Kier molecular flexibility index (Phi) is 7.77. The molecule has 0 spiro atoms. The molecule has 0 bridgehead atoms. The molecule has 0 unspecified atom stereocenters. The van der Waals surface area contributed by atoms with E-state index in [2.05, 4.69) is 10.1 Å². The van der Waals surface area contributed by atoms with Crippen molar-refractivity contribution in [3.05, 3.63) is 76.4 Å². The van der Waals surface area contributed by atoms with Gasteiger partial charge in [0, 0.05) is 18.0 Å². The van der Waals surface area contributed by atoms with Crippen LogP contribution in [-0.2, 0) is 24.3 Å². The molecule has 0 aliphatic carbocycles. The fourth-order valence-corrected chi connectivity index (χ4v) is 3.60. The number of rotatable bonds is 11. The zero-order valence-corrected chi connectivity index (χ0v) is 16.5. The third kappa shape index (κ3) is 7.32. The molecule has 1 aromatic carbocycles. The first-order valence-electron chi connectivity index (χ1n) is 9.16. The normalized spacial score (nSPS) is 11.2. The quantitative estimate of drug-likeness (QED) is 0.502. The Morgan fingerprint density at radius 2 is 1.97 bits per heavy atom. The standard InChI is InChI=1S/C21H22F2N2O3S/c22-21(23)28-17-7-5-16(6-8-17)9-10-24-20(26)15-25(13-18-3-1-11-27-18)14-19-4-2-12-29-19/h1-8,11-12,21H,9-10,13-15H2,(H,24,26). The van der Waals surface area contributed by atoms with Crippen LogP contribution < -0.4 is 10.1 Å². The summed E-state index contributed by atoms with van der Waals surface area (Å²) in [6, 6.07) is 14.2. The third-order valence-electron chi connectivity index (χ3n) is 4.17. The molecule has 0 radical (unpaired) electrons. The van der Waals surface area contributed by atoms with Crippen molar-refractivity contribution < 1.29 is 22.7 Å². The molecular formula is C21H22F2N2O3S. The van der Waals surface area contributed by atoms with E-state index in [1.165, 1.54) is 17.0 Å². The lowest BCUT2D eigenvalue weighted by Crippen LogP contribution is -2.37. The summed E-state index contributed by atoms with van der Waals surface area (Å²) in [6.45, 7) is -0.916. The number of furan rings is 1. The number of thiophene rings is 1. The minimum Gasteiger partial charge on any atom is -0.468 e. The predicted octanol–water partition coefficient (Wildman–Crippen LogP) is 4.30. The predicted molar refractivity (Wildman–Crippen MR) is 107 cm³/mol. The molecular weight excluding hydrogens is 398 g/mol. The first-order valence-corrected chi connectivity index (χ1v) is 10.0. The van der Waals surface area contributed by atoms with E-state index in [-0.39, 0.29) is 18.2 Å². The van der Waals surface area contributed by atoms with Gasteiger partial charge in [0.2, 0.25) is 5.91 Å². The summed E-state index contributed by atoms with van der Waals surface area (Å²) in [5.41, 5.74) is 0.929. The molecule has 0 atom stereocenters. The van der Waals surface area contributed by atoms with Crippen LogP contribution in [-0.4, -0.2) is 30.5 Å². The van der Waals surface area contributed by atoms with Crippen LogP contribution >= 0.6 is 11.3 Å². The average Bonchev–Trinajstić information content (AvgIpc) is 3.37. The highest BCUT2D eigenvalue weighted by atomic mass is 32.1. The first-order chi connectivity index (χ1) is 14.1. The summed E-state index contributed by atoms with van der Waals surface area (Å²) >= 11 is 1.65. The van der Waals surface area contributed by atoms with Crippen LogP contribution in [0.5, 0.6) is 5.75 Å². The Labute approximate surface area is 171 Å². The van der Waals surface area contributed by atoms with Crippen molar-refractivity contribution >= 4 is 17.2 Å². The van der Waals surface area contributed by atoms with Crippen molar-refractivity contribution in [1.29, 1.82) is 0 Å². The lowest BCUT2D eigenvalue weighted by atomic mass is 10.1. The molecule has 0 fully saturated rings. The van der Waals surface area contributed by atoms with Crippen LogP contribution in [0.25, 0.3) is 0 Å². The molecule has 2 aromatic heterocycles. The third-order valence-corrected chi connectivity index (χ3v) is 5.03. The smallest absolute Gasteiger partial charge is 0.387 e. The molecule has 0 aliphatic heterocycles. The van der Waals surface area contributed by atoms with Crippen molar-refractivity contribution in [3.63, 3.8) is 0 Å². The molecule has 0 saturated heterocycles. The second-order valence-corrected chi connectivity index (χ2v) is 7.46. The minimum atomic E-state index is -2.83. The second-order valence-electron chi connectivity index (χ2n) is 6.43. The van der Waals surface area contributed by atoms with Crippen LogP contribution in [0.1, 0.15) is 16.2 Å². The molecule has 3 rings (SSSR count). The molecule has 5 nitrogen and oxygen atoms in total. The van der Waals surface area contributed by atoms with Crippen molar-refractivity contribution in [2.45, 2.75) is 26.1 Å². The number of carbonyl (C=O) groups is 1. The van der Waals surface area contributed by atoms with Gasteiger partial charge in [-0.15, -0.1) is 11.3 Å². The van der Waals surface area contributed by atoms with Gasteiger partial charge in [-0.3, -0.25) is 9.69 Å². The van der Waals surface area contributed by atoms with E-state index in [4.69, 9.17) is 4.42 Å². The van der Waals surface area contributed by atoms with Crippen LogP contribution in [0.2, 0.25) is 0 Å². The fraction of sp³-hybridized carbons (Fsp3) is 0.286. The molecule has 3 aromatic rings. The van der Waals surface area contributed by atoms with E-state index in [1.807, 2.05) is 34.5 Å². The van der Waals surface area contributed by atoms with Gasteiger partial charge in [0.05, 0.1) is 19.4 Å². The van der Waals surface area contributed by atoms with Crippen LogP contribution in [0, 0.1) is 0 Å². The maximum Gasteiger partial charge on any atom is 0.387 e. The molecule has 0 aliphatic rings. The highest BCUT2D eigenvalue weighted by molar-refractivity contribution is 7.09. The van der Waals surface area contributed by atoms with Gasteiger partial charge in [-0.25, -0.2) is 0 Å². The van der Waals surface area contributed by atoms with E-state index < -0.39 is 6.61 Å². The van der Waals surface area contributed by atoms with Crippen molar-refractivity contribution in [3.8, 4) is 5.75 Å². The number of nitrogens with zero attached hydrogens (tertiary/aromatic N) is 1. The number of halogens is 2. The summed E-state index contributed by atoms with van der Waals surface area (Å²) in [5.74, 6) is 0.848. The van der Waals surface area contributed by atoms with Gasteiger partial charge >= 0.3 is 6.61 Å². The van der Waals surface area contributed by atoms with Crippen molar-refractivity contribution in [1.82, 2.24) is 10.2 Å². The Morgan fingerprint density at radius 3 is 2.62 bits per heavy atom. The van der Waals surface area contributed by atoms with Gasteiger partial charge in [-0.05, 0) is 47.7 Å². The minimum absolute atomic E-state index is 0.0780. The highest BCUT2D eigenvalue weighted by Gasteiger charge is 2.14. The molecule has 0 saturated carbocycles. The summed E-state index contributed by atoms with van der Waals surface area (Å²) in [4.78, 5) is 15.6. The first kappa shape index (κ1) is 21.0. The number of hydrogen-bond donors (Lipinski definition) is 1. The number of benzene rings is 1. The van der Waals surface area contributed by atoms with E-state index in [1.54, 1.807) is 29.7 Å². The summed E-state index contributed by atoms with van der Waals surface area (Å²) in [6.07, 6.45) is 2.22. The molecule has 2 heterocycles. The lowest BCUT2D eigenvalue weighted by Gasteiger charge is -2.20. The van der Waals surface area contributed by atoms with Crippen LogP contribution in [0.4, 0.5) is 8.78 Å². The topological polar surface area (TPSA) is 54.7 Å². The number of ether oxygens (including phenoxy) is 1. The van der Waals surface area contributed by atoms with E-state index in [0.717, 1.165) is 11.3 Å². The fourth-order valence-electron chi connectivity index (χ4n) is 2.86. The average molecular weight is 420 g/mol. The Balaban J connectivity index is 1.46.